The maximum Gasteiger partial charge on any atom is 0.243 e. The predicted octanol–water partition coefficient (Wildman–Crippen LogP) is 2.09. The predicted molar refractivity (Wildman–Crippen MR) is 116 cm³/mol. The summed E-state index contributed by atoms with van der Waals surface area (Å²) >= 11 is 0. The Bertz CT molecular complexity index is 995. The SMILES string of the molecule is CC(=O)N1CCCC(c2nc(CN(C)S(=O)(=O)c3ccccc3)cc(N(C)C)n2)C1. The Morgan fingerprint density at radius 1 is 1.17 bits per heavy atom. The van der Waals surface area contributed by atoms with Crippen LogP contribution in [0.15, 0.2) is 41.3 Å². The van der Waals surface area contributed by atoms with Crippen LogP contribution < -0.4 is 4.90 Å². The molecule has 1 amide bonds. The lowest BCUT2D eigenvalue weighted by atomic mass is 9.97. The number of carbonyl (C=O) groups is 1. The summed E-state index contributed by atoms with van der Waals surface area (Å²) in [4.78, 5) is 25.2. The van der Waals surface area contributed by atoms with E-state index in [1.807, 2.05) is 30.0 Å². The molecule has 0 N–H and O–H groups in total. The van der Waals surface area contributed by atoms with Crippen LogP contribution >= 0.6 is 0 Å². The summed E-state index contributed by atoms with van der Waals surface area (Å²) in [7, 11) is 1.72. The van der Waals surface area contributed by atoms with Gasteiger partial charge in [0.15, 0.2) is 0 Å². The van der Waals surface area contributed by atoms with Gasteiger partial charge in [-0.15, -0.1) is 0 Å². The molecule has 8 nitrogen and oxygen atoms in total. The van der Waals surface area contributed by atoms with Crippen LogP contribution in [0.1, 0.15) is 37.2 Å². The van der Waals surface area contributed by atoms with Gasteiger partial charge in [-0.3, -0.25) is 4.79 Å². The Balaban J connectivity index is 1.88. The van der Waals surface area contributed by atoms with Crippen molar-refractivity contribution in [2.75, 3.05) is 39.1 Å². The number of likely N-dealkylation sites (tertiary alicyclic amines) is 1. The minimum atomic E-state index is -3.62. The summed E-state index contributed by atoms with van der Waals surface area (Å²) in [5, 5.41) is 0. The molecule has 162 valence electrons. The molecule has 1 fully saturated rings. The highest BCUT2D eigenvalue weighted by atomic mass is 32.2. The third-order valence-corrected chi connectivity index (χ3v) is 7.13. The maximum atomic E-state index is 12.9. The van der Waals surface area contributed by atoms with E-state index in [1.165, 1.54) is 4.31 Å². The summed E-state index contributed by atoms with van der Waals surface area (Å²) in [6, 6.07) is 10.2. The Labute approximate surface area is 178 Å². The third kappa shape index (κ3) is 4.96. The van der Waals surface area contributed by atoms with E-state index < -0.39 is 10.0 Å². The Morgan fingerprint density at radius 3 is 2.50 bits per heavy atom. The highest BCUT2D eigenvalue weighted by molar-refractivity contribution is 7.89. The van der Waals surface area contributed by atoms with Gasteiger partial charge >= 0.3 is 0 Å². The highest BCUT2D eigenvalue weighted by Crippen LogP contribution is 2.27. The van der Waals surface area contributed by atoms with E-state index in [1.54, 1.807) is 44.3 Å². The average molecular weight is 432 g/mol. The second kappa shape index (κ2) is 9.09. The summed E-state index contributed by atoms with van der Waals surface area (Å²) < 4.78 is 27.1. The van der Waals surface area contributed by atoms with Crippen LogP contribution in [0.4, 0.5) is 5.82 Å². The quantitative estimate of drug-likeness (QED) is 0.696. The Hall–Kier alpha value is -2.52. The number of amides is 1. The molecule has 0 saturated carbocycles. The van der Waals surface area contributed by atoms with Gasteiger partial charge in [-0.2, -0.15) is 4.31 Å². The fourth-order valence-corrected chi connectivity index (χ4v) is 4.72. The lowest BCUT2D eigenvalue weighted by Gasteiger charge is -2.31. The van der Waals surface area contributed by atoms with Gasteiger partial charge < -0.3 is 9.80 Å². The molecule has 9 heteroatoms. The van der Waals surface area contributed by atoms with Crippen molar-refractivity contribution < 1.29 is 13.2 Å². The van der Waals surface area contributed by atoms with Crippen LogP contribution in [0.25, 0.3) is 0 Å². The van der Waals surface area contributed by atoms with E-state index in [4.69, 9.17) is 4.98 Å². The van der Waals surface area contributed by atoms with Crippen LogP contribution in [0, 0.1) is 0 Å². The molecule has 1 saturated heterocycles. The van der Waals surface area contributed by atoms with Crippen LogP contribution in [0.5, 0.6) is 0 Å². The molecule has 1 aromatic carbocycles. The Morgan fingerprint density at radius 2 is 1.87 bits per heavy atom. The molecule has 1 atom stereocenters. The molecule has 30 heavy (non-hydrogen) atoms. The number of hydrogen-bond donors (Lipinski definition) is 0. The molecular formula is C21H29N5O3S. The van der Waals surface area contributed by atoms with Crippen molar-refractivity contribution in [1.82, 2.24) is 19.2 Å². The number of anilines is 1. The number of rotatable bonds is 6. The monoisotopic (exact) mass is 431 g/mol. The molecule has 0 spiro atoms. The number of piperidine rings is 1. The number of sulfonamides is 1. The number of hydrogen-bond acceptors (Lipinski definition) is 6. The molecule has 0 bridgehead atoms. The van der Waals surface area contributed by atoms with Crippen molar-refractivity contribution in [3.63, 3.8) is 0 Å². The molecule has 1 aliphatic heterocycles. The van der Waals surface area contributed by atoms with Crippen LogP contribution in [0.3, 0.4) is 0 Å². The number of carbonyl (C=O) groups excluding carboxylic acids is 1. The second-order valence-electron chi connectivity index (χ2n) is 7.85. The first-order valence-corrected chi connectivity index (χ1v) is 11.4. The van der Waals surface area contributed by atoms with Crippen molar-refractivity contribution in [2.45, 2.75) is 37.1 Å². The van der Waals surface area contributed by atoms with Crippen molar-refractivity contribution in [3.8, 4) is 0 Å². The van der Waals surface area contributed by atoms with Crippen molar-refractivity contribution >= 4 is 21.7 Å². The Kier molecular flexibility index (Phi) is 6.72. The molecule has 2 heterocycles. The first kappa shape index (κ1) is 22.2. The molecule has 3 rings (SSSR count). The van der Waals surface area contributed by atoms with Crippen molar-refractivity contribution in [1.29, 1.82) is 0 Å². The highest BCUT2D eigenvalue weighted by Gasteiger charge is 2.27. The fraction of sp³-hybridized carbons (Fsp3) is 0.476. The minimum Gasteiger partial charge on any atom is -0.363 e. The van der Waals surface area contributed by atoms with E-state index in [0.717, 1.165) is 25.2 Å². The fourth-order valence-electron chi connectivity index (χ4n) is 3.56. The van der Waals surface area contributed by atoms with Gasteiger partial charge in [-0.25, -0.2) is 18.4 Å². The molecule has 1 aliphatic rings. The van der Waals surface area contributed by atoms with Crippen LogP contribution in [-0.4, -0.2) is 67.7 Å². The first-order chi connectivity index (χ1) is 14.2. The summed E-state index contributed by atoms with van der Waals surface area (Å²) in [5.41, 5.74) is 0.630. The topological polar surface area (TPSA) is 86.7 Å². The zero-order valence-corrected chi connectivity index (χ0v) is 18.8. The summed E-state index contributed by atoms with van der Waals surface area (Å²) in [6.45, 7) is 3.05. The lowest BCUT2D eigenvalue weighted by molar-refractivity contribution is -0.130. The maximum absolute atomic E-state index is 12.9. The van der Waals surface area contributed by atoms with Gasteiger partial charge in [-0.1, -0.05) is 18.2 Å². The van der Waals surface area contributed by atoms with E-state index in [9.17, 15) is 13.2 Å². The first-order valence-electron chi connectivity index (χ1n) is 10.0. The molecule has 0 aliphatic carbocycles. The lowest BCUT2D eigenvalue weighted by Crippen LogP contribution is -2.38. The standard InChI is InChI=1S/C21H29N5O3S/c1-16(27)26-12-8-9-17(14-26)21-22-18(13-20(23-21)24(2)3)15-25(4)30(28,29)19-10-6-5-7-11-19/h5-7,10-11,13,17H,8-9,12,14-15H2,1-4H3. The molecule has 1 unspecified atom stereocenters. The van der Waals surface area contributed by atoms with Gasteiger partial charge in [0.05, 0.1) is 17.1 Å². The van der Waals surface area contributed by atoms with Crippen LogP contribution in [-0.2, 0) is 21.4 Å². The zero-order valence-electron chi connectivity index (χ0n) is 17.9. The van der Waals surface area contributed by atoms with Gasteiger partial charge in [0, 0.05) is 53.1 Å². The third-order valence-electron chi connectivity index (χ3n) is 5.31. The smallest absolute Gasteiger partial charge is 0.243 e. The molecule has 2 aromatic rings. The largest absolute Gasteiger partial charge is 0.363 e. The van der Waals surface area contributed by atoms with E-state index in [2.05, 4.69) is 4.98 Å². The van der Waals surface area contributed by atoms with Gasteiger partial charge in [0.1, 0.15) is 11.6 Å². The summed E-state index contributed by atoms with van der Waals surface area (Å²) in [5.74, 6) is 1.47. The molecular weight excluding hydrogens is 402 g/mol. The minimum absolute atomic E-state index is 0.0392. The van der Waals surface area contributed by atoms with Crippen LogP contribution in [0.2, 0.25) is 0 Å². The van der Waals surface area contributed by atoms with E-state index >= 15 is 0 Å². The van der Waals surface area contributed by atoms with Crippen molar-refractivity contribution in [3.05, 3.63) is 47.9 Å². The normalized spacial score (nSPS) is 17.2. The second-order valence-corrected chi connectivity index (χ2v) is 9.89. The molecule has 1 aromatic heterocycles. The number of aromatic nitrogens is 2. The van der Waals surface area contributed by atoms with E-state index in [-0.39, 0.29) is 23.3 Å². The summed E-state index contributed by atoms with van der Waals surface area (Å²) in [6.07, 6.45) is 1.80. The number of nitrogens with zero attached hydrogens (tertiary/aromatic N) is 5. The van der Waals surface area contributed by atoms with Crippen molar-refractivity contribution in [2.24, 2.45) is 0 Å². The number of benzene rings is 1. The van der Waals surface area contributed by atoms with Gasteiger partial charge in [-0.05, 0) is 25.0 Å². The van der Waals surface area contributed by atoms with Gasteiger partial charge in [0.25, 0.3) is 0 Å². The van der Waals surface area contributed by atoms with E-state index in [0.29, 0.717) is 18.1 Å². The van der Waals surface area contributed by atoms with Gasteiger partial charge in [0.2, 0.25) is 15.9 Å². The zero-order chi connectivity index (χ0) is 21.9. The average Bonchev–Trinajstić information content (AvgIpc) is 2.74. The molecule has 0 radical (unpaired) electrons.